The summed E-state index contributed by atoms with van der Waals surface area (Å²) in [6.45, 7) is 10.2. The summed E-state index contributed by atoms with van der Waals surface area (Å²) in [6, 6.07) is 0.999. The van der Waals surface area contributed by atoms with Crippen LogP contribution in [0, 0.1) is 5.41 Å². The number of ether oxygens (including phenoxy) is 1. The van der Waals surface area contributed by atoms with Crippen molar-refractivity contribution < 1.29 is 4.74 Å². The molecular formula is C21H42IN5O. The van der Waals surface area contributed by atoms with E-state index in [2.05, 4.69) is 48.4 Å². The van der Waals surface area contributed by atoms with E-state index in [4.69, 9.17) is 9.73 Å². The number of aliphatic imine (C=N–C) groups is 1. The standard InChI is InChI=1S/C21H41N5O.HI/c1-5-22-20(23-15-17-16-25(3)12-13-26(17)4)24-18-14-19(27-6-2)21(18)10-8-7-9-11-21;/h17-19H,5-16H2,1-4H3,(H2,22,23,24);1H. The molecule has 2 N–H and O–H groups in total. The van der Waals surface area contributed by atoms with Gasteiger partial charge < -0.3 is 20.3 Å². The molecule has 0 amide bonds. The molecule has 2 saturated carbocycles. The maximum Gasteiger partial charge on any atom is 0.191 e. The smallest absolute Gasteiger partial charge is 0.191 e. The van der Waals surface area contributed by atoms with E-state index in [-0.39, 0.29) is 24.0 Å². The van der Waals surface area contributed by atoms with Gasteiger partial charge in [0.2, 0.25) is 0 Å². The van der Waals surface area contributed by atoms with Crippen molar-refractivity contribution in [3.63, 3.8) is 0 Å². The second-order valence-corrected chi connectivity index (χ2v) is 8.79. The molecule has 164 valence electrons. The van der Waals surface area contributed by atoms with Gasteiger partial charge in [0.25, 0.3) is 0 Å². The minimum Gasteiger partial charge on any atom is -0.378 e. The van der Waals surface area contributed by atoms with Crippen LogP contribution < -0.4 is 10.6 Å². The van der Waals surface area contributed by atoms with Crippen molar-refractivity contribution in [3.8, 4) is 0 Å². The molecule has 1 aliphatic heterocycles. The zero-order valence-electron chi connectivity index (χ0n) is 18.4. The third-order valence-electron chi connectivity index (χ3n) is 7.03. The summed E-state index contributed by atoms with van der Waals surface area (Å²) < 4.78 is 6.11. The highest BCUT2D eigenvalue weighted by molar-refractivity contribution is 14.0. The van der Waals surface area contributed by atoms with Gasteiger partial charge in [0.05, 0.1) is 12.6 Å². The second kappa shape index (κ2) is 11.3. The zero-order valence-corrected chi connectivity index (χ0v) is 20.7. The lowest BCUT2D eigenvalue weighted by atomic mass is 9.55. The predicted octanol–water partition coefficient (Wildman–Crippen LogP) is 2.53. The molecule has 3 rings (SSSR count). The fraction of sp³-hybridized carbons (Fsp3) is 0.952. The van der Waals surface area contributed by atoms with Crippen LogP contribution in [0.1, 0.15) is 52.4 Å². The summed E-state index contributed by atoms with van der Waals surface area (Å²) in [4.78, 5) is 9.84. The van der Waals surface area contributed by atoms with Crippen molar-refractivity contribution in [3.05, 3.63) is 0 Å². The van der Waals surface area contributed by atoms with E-state index in [1.54, 1.807) is 0 Å². The maximum atomic E-state index is 6.11. The number of rotatable bonds is 6. The lowest BCUT2D eigenvalue weighted by Crippen LogP contribution is -2.66. The molecule has 0 radical (unpaired) electrons. The van der Waals surface area contributed by atoms with E-state index in [1.165, 1.54) is 32.1 Å². The van der Waals surface area contributed by atoms with Crippen molar-refractivity contribution >= 4 is 29.9 Å². The number of hydrogen-bond acceptors (Lipinski definition) is 4. The summed E-state index contributed by atoms with van der Waals surface area (Å²) >= 11 is 0. The highest BCUT2D eigenvalue weighted by Gasteiger charge is 2.55. The summed E-state index contributed by atoms with van der Waals surface area (Å²) in [5.41, 5.74) is 0.326. The minimum atomic E-state index is 0. The van der Waals surface area contributed by atoms with Gasteiger partial charge in [-0.25, -0.2) is 0 Å². The number of guanidine groups is 1. The van der Waals surface area contributed by atoms with Crippen LogP contribution >= 0.6 is 24.0 Å². The molecule has 0 aromatic carbocycles. The molecule has 2 aliphatic carbocycles. The van der Waals surface area contributed by atoms with Gasteiger partial charge in [0, 0.05) is 50.3 Å². The molecule has 0 aromatic rings. The Bertz CT molecular complexity index is 497. The number of likely N-dealkylation sites (N-methyl/N-ethyl adjacent to an activating group) is 2. The van der Waals surface area contributed by atoms with Crippen molar-refractivity contribution in [1.82, 2.24) is 20.4 Å². The lowest BCUT2D eigenvalue weighted by Gasteiger charge is -2.58. The van der Waals surface area contributed by atoms with Crippen LogP contribution in [0.15, 0.2) is 4.99 Å². The molecule has 1 saturated heterocycles. The van der Waals surface area contributed by atoms with E-state index in [1.807, 2.05) is 0 Å². The van der Waals surface area contributed by atoms with Gasteiger partial charge in [-0.2, -0.15) is 0 Å². The van der Waals surface area contributed by atoms with E-state index < -0.39 is 0 Å². The summed E-state index contributed by atoms with van der Waals surface area (Å²) in [5, 5.41) is 7.28. The fourth-order valence-electron chi connectivity index (χ4n) is 5.25. The van der Waals surface area contributed by atoms with Crippen LogP contribution in [-0.2, 0) is 4.74 Å². The zero-order chi connectivity index (χ0) is 19.3. The average Bonchev–Trinajstić information content (AvgIpc) is 2.68. The van der Waals surface area contributed by atoms with Gasteiger partial charge in [0.15, 0.2) is 5.96 Å². The van der Waals surface area contributed by atoms with Crippen molar-refractivity contribution in [2.45, 2.75) is 70.6 Å². The first-order chi connectivity index (χ1) is 13.1. The third-order valence-corrected chi connectivity index (χ3v) is 7.03. The quantitative estimate of drug-likeness (QED) is 0.329. The summed E-state index contributed by atoms with van der Waals surface area (Å²) in [6.07, 6.45) is 8.20. The van der Waals surface area contributed by atoms with E-state index in [9.17, 15) is 0 Å². The number of nitrogens with zero attached hydrogens (tertiary/aromatic N) is 3. The van der Waals surface area contributed by atoms with Crippen LogP contribution in [-0.4, -0.2) is 87.4 Å². The van der Waals surface area contributed by atoms with E-state index in [0.29, 0.717) is 23.6 Å². The van der Waals surface area contributed by atoms with Gasteiger partial charge in [-0.3, -0.25) is 9.89 Å². The third kappa shape index (κ3) is 5.52. The largest absolute Gasteiger partial charge is 0.378 e. The number of hydrogen-bond donors (Lipinski definition) is 2. The van der Waals surface area contributed by atoms with Gasteiger partial charge >= 0.3 is 0 Å². The van der Waals surface area contributed by atoms with Crippen molar-refractivity contribution in [2.75, 3.05) is 53.4 Å². The van der Waals surface area contributed by atoms with E-state index >= 15 is 0 Å². The van der Waals surface area contributed by atoms with Crippen LogP contribution in [0.5, 0.6) is 0 Å². The normalized spacial score (nSPS) is 31.1. The Morgan fingerprint density at radius 1 is 1.14 bits per heavy atom. The lowest BCUT2D eigenvalue weighted by molar-refractivity contribution is -0.145. The van der Waals surface area contributed by atoms with Crippen molar-refractivity contribution in [2.24, 2.45) is 10.4 Å². The molecule has 3 fully saturated rings. The highest BCUT2D eigenvalue weighted by Crippen LogP contribution is 2.53. The second-order valence-electron chi connectivity index (χ2n) is 8.79. The Hall–Kier alpha value is -0.120. The Morgan fingerprint density at radius 3 is 2.57 bits per heavy atom. The Labute approximate surface area is 189 Å². The van der Waals surface area contributed by atoms with Crippen LogP contribution in [0.2, 0.25) is 0 Å². The first kappa shape index (κ1) is 24.2. The van der Waals surface area contributed by atoms with Gasteiger partial charge in [-0.1, -0.05) is 19.3 Å². The molecule has 3 unspecified atom stereocenters. The summed E-state index contributed by atoms with van der Waals surface area (Å²) in [5.74, 6) is 0.990. The van der Waals surface area contributed by atoms with Crippen LogP contribution in [0.3, 0.4) is 0 Å². The first-order valence-corrected chi connectivity index (χ1v) is 11.1. The van der Waals surface area contributed by atoms with Gasteiger partial charge in [0.1, 0.15) is 0 Å². The topological polar surface area (TPSA) is 52.1 Å². The minimum absolute atomic E-state index is 0. The summed E-state index contributed by atoms with van der Waals surface area (Å²) in [7, 11) is 4.44. The van der Waals surface area contributed by atoms with Gasteiger partial charge in [-0.05, 0) is 47.2 Å². The average molecular weight is 508 g/mol. The van der Waals surface area contributed by atoms with Gasteiger partial charge in [-0.15, -0.1) is 24.0 Å². The number of nitrogens with one attached hydrogen (secondary N) is 2. The van der Waals surface area contributed by atoms with Crippen LogP contribution in [0.4, 0.5) is 0 Å². The molecular weight excluding hydrogens is 465 g/mol. The SMILES string of the molecule is CCNC(=NCC1CN(C)CCN1C)NC1CC(OCC)C12CCCCC2.I. The molecule has 3 atom stereocenters. The Morgan fingerprint density at radius 2 is 1.89 bits per heavy atom. The molecule has 3 aliphatic rings. The molecule has 0 bridgehead atoms. The Kier molecular flexibility index (Phi) is 9.76. The molecule has 0 aromatic heterocycles. The number of piperazine rings is 1. The molecule has 28 heavy (non-hydrogen) atoms. The highest BCUT2D eigenvalue weighted by atomic mass is 127. The van der Waals surface area contributed by atoms with Crippen LogP contribution in [0.25, 0.3) is 0 Å². The molecule has 6 nitrogen and oxygen atoms in total. The molecule has 1 heterocycles. The Balaban J connectivity index is 0.00000280. The predicted molar refractivity (Wildman–Crippen MR) is 128 cm³/mol. The maximum absolute atomic E-state index is 6.11. The molecule has 7 heteroatoms. The molecule has 1 spiro atoms. The first-order valence-electron chi connectivity index (χ1n) is 11.1. The van der Waals surface area contributed by atoms with E-state index in [0.717, 1.165) is 51.7 Å². The monoisotopic (exact) mass is 507 g/mol. The fourth-order valence-corrected chi connectivity index (χ4v) is 5.25. The number of halogens is 1. The van der Waals surface area contributed by atoms with Crippen molar-refractivity contribution in [1.29, 1.82) is 0 Å².